The summed E-state index contributed by atoms with van der Waals surface area (Å²) in [5, 5.41) is 6.11. The summed E-state index contributed by atoms with van der Waals surface area (Å²) >= 11 is 0. The summed E-state index contributed by atoms with van der Waals surface area (Å²) in [6.07, 6.45) is 15.1. The van der Waals surface area contributed by atoms with Crippen LogP contribution in [0, 0.1) is 0 Å². The van der Waals surface area contributed by atoms with Crippen LogP contribution in [0.25, 0.3) is 83.5 Å². The number of hydrogen-bond acceptors (Lipinski definition) is 1. The van der Waals surface area contributed by atoms with E-state index >= 15 is 0 Å². The van der Waals surface area contributed by atoms with Gasteiger partial charge in [-0.05, 0) is 123 Å². The van der Waals surface area contributed by atoms with Crippen molar-refractivity contribution < 1.29 is 0 Å². The van der Waals surface area contributed by atoms with E-state index < -0.39 is 5.41 Å². The number of anilines is 3. The van der Waals surface area contributed by atoms with Gasteiger partial charge in [0.05, 0.1) is 27.8 Å². The minimum Gasteiger partial charge on any atom is -0.310 e. The number of nitrogens with zero attached hydrogens (tertiary/aromatic N) is 2. The van der Waals surface area contributed by atoms with E-state index in [0.717, 1.165) is 39.3 Å². The molecule has 0 unspecified atom stereocenters. The Hall–Kier alpha value is -8.98. The van der Waals surface area contributed by atoms with Crippen molar-refractivity contribution in [1.29, 1.82) is 0 Å². The summed E-state index contributed by atoms with van der Waals surface area (Å²) < 4.78 is 2.36. The van der Waals surface area contributed by atoms with E-state index in [2.05, 4.69) is 230 Å². The summed E-state index contributed by atoms with van der Waals surface area (Å²) in [7, 11) is 0. The van der Waals surface area contributed by atoms with Crippen LogP contribution in [0.2, 0.25) is 0 Å². The van der Waals surface area contributed by atoms with Gasteiger partial charge >= 0.3 is 0 Å². The lowest BCUT2D eigenvalue weighted by Crippen LogP contribution is -2.26. The predicted octanol–water partition coefficient (Wildman–Crippen LogP) is 19.1. The van der Waals surface area contributed by atoms with E-state index in [4.69, 9.17) is 0 Å². The maximum Gasteiger partial charge on any atom is 0.0731 e. The molecule has 1 spiro atoms. The fraction of sp³-hybridized carbons (Fsp3) is 0.0435. The molecule has 0 fully saturated rings. The Morgan fingerprint density at radius 1 is 0.451 bits per heavy atom. The first kappa shape index (κ1) is 44.5. The molecular weight excluding hydrogens is 857 g/mol. The molecule has 9 aromatic carbocycles. The Balaban J connectivity index is 0.000000501. The third-order valence-corrected chi connectivity index (χ3v) is 14.3. The summed E-state index contributed by atoms with van der Waals surface area (Å²) in [5.41, 5.74) is 20.4. The van der Waals surface area contributed by atoms with E-state index in [-0.39, 0.29) is 0 Å². The van der Waals surface area contributed by atoms with Gasteiger partial charge in [0.2, 0.25) is 0 Å². The second kappa shape index (κ2) is 18.5. The van der Waals surface area contributed by atoms with Crippen LogP contribution in [0.3, 0.4) is 0 Å². The second-order valence-electron chi connectivity index (χ2n) is 18.0. The lowest BCUT2D eigenvalue weighted by Gasteiger charge is -2.31. The highest BCUT2D eigenvalue weighted by Crippen LogP contribution is 2.64. The number of hydrogen-bond donors (Lipinski definition) is 0. The van der Waals surface area contributed by atoms with E-state index in [0.29, 0.717) is 0 Å². The summed E-state index contributed by atoms with van der Waals surface area (Å²) in [4.78, 5) is 2.43. The largest absolute Gasteiger partial charge is 0.310 e. The lowest BCUT2D eigenvalue weighted by molar-refractivity contribution is 0.801. The molecule has 0 saturated heterocycles. The molecule has 2 aliphatic carbocycles. The summed E-state index contributed by atoms with van der Waals surface area (Å²) in [5.74, 6) is 0. The molecule has 0 radical (unpaired) electrons. The molecule has 0 N–H and O–H groups in total. The zero-order valence-electron chi connectivity index (χ0n) is 40.3. The molecular formula is C69H54N2. The van der Waals surface area contributed by atoms with Gasteiger partial charge in [0, 0.05) is 38.7 Å². The van der Waals surface area contributed by atoms with Crippen molar-refractivity contribution in [2.45, 2.75) is 19.3 Å². The van der Waals surface area contributed by atoms with Crippen LogP contribution in [0.4, 0.5) is 17.1 Å². The normalized spacial score (nSPS) is 12.6. The van der Waals surface area contributed by atoms with Crippen molar-refractivity contribution in [1.82, 2.24) is 4.40 Å². The number of aromatic nitrogens is 1. The van der Waals surface area contributed by atoms with Gasteiger partial charge in [0.25, 0.3) is 0 Å². The van der Waals surface area contributed by atoms with Gasteiger partial charge in [-0.15, -0.1) is 0 Å². The van der Waals surface area contributed by atoms with Crippen LogP contribution < -0.4 is 4.90 Å². The average Bonchev–Trinajstić information content (AvgIpc) is 4.13. The second-order valence-corrected chi connectivity index (χ2v) is 18.0. The van der Waals surface area contributed by atoms with E-state index in [9.17, 15) is 0 Å². The molecule has 2 aliphatic rings. The quantitative estimate of drug-likeness (QED) is 0.138. The molecule has 0 atom stereocenters. The first-order valence-electron chi connectivity index (χ1n) is 24.4. The standard InChI is InChI=1S/C59H38N2.2C5H8/c1-3-41-49-35-40(36-50-46-24-12-17-29-56(46)61(58(49)50)54(41)4-2)60(39-18-6-5-7-19-39)55-28-16-11-20-42(55)38-31-30-37-32-33-47-45-23-10-15-27-53(45)59(57(47)48(37)34-38)51-25-13-8-21-43(51)44-22-9-14-26-52(44)59;2*1-3-5-4-2/h3-36H,1-2H2;2*3-5H,1H2,2H3/b;2*5-4-. The van der Waals surface area contributed by atoms with Gasteiger partial charge in [-0.2, -0.15) is 0 Å². The molecule has 2 heteroatoms. The zero-order chi connectivity index (χ0) is 48.6. The molecule has 340 valence electrons. The van der Waals surface area contributed by atoms with Crippen molar-refractivity contribution in [3.8, 4) is 33.4 Å². The highest BCUT2D eigenvalue weighted by Gasteiger charge is 2.52. The number of fused-ring (bicyclic) bond motifs is 15. The molecule has 0 amide bonds. The lowest BCUT2D eigenvalue weighted by atomic mass is 9.69. The SMILES string of the molecule is C=C/C=C\C.C=C/C=C\C.C=Cc1c(C=C)n2c3ccccc3c3cc(N(c4ccccc4)c4ccccc4-c4ccc5ccc6c(c5c4)C4(c5ccccc5-c5ccccc54)c4ccccc4-6)cc1c32. The third-order valence-electron chi connectivity index (χ3n) is 14.3. The van der Waals surface area contributed by atoms with Crippen LogP contribution >= 0.6 is 0 Å². The zero-order valence-corrected chi connectivity index (χ0v) is 40.3. The van der Waals surface area contributed by atoms with Crippen molar-refractivity contribution in [2.75, 3.05) is 4.90 Å². The molecule has 2 aromatic heterocycles. The Kier molecular flexibility index (Phi) is 11.6. The Morgan fingerprint density at radius 2 is 1.00 bits per heavy atom. The average molecular weight is 911 g/mol. The highest BCUT2D eigenvalue weighted by molar-refractivity contribution is 6.19. The number of rotatable bonds is 8. The van der Waals surface area contributed by atoms with Crippen LogP contribution in [0.15, 0.2) is 257 Å². The van der Waals surface area contributed by atoms with E-state index in [1.54, 1.807) is 12.2 Å². The van der Waals surface area contributed by atoms with Crippen LogP contribution in [-0.2, 0) is 5.41 Å². The molecule has 71 heavy (non-hydrogen) atoms. The van der Waals surface area contributed by atoms with Gasteiger partial charge in [0.1, 0.15) is 0 Å². The number of allylic oxidation sites excluding steroid dienone is 6. The topological polar surface area (TPSA) is 7.65 Å². The van der Waals surface area contributed by atoms with Crippen molar-refractivity contribution >= 4 is 67.2 Å². The van der Waals surface area contributed by atoms with Gasteiger partial charge in [0.15, 0.2) is 0 Å². The fourth-order valence-corrected chi connectivity index (χ4v) is 11.6. The first-order valence-corrected chi connectivity index (χ1v) is 24.4. The van der Waals surface area contributed by atoms with Crippen LogP contribution in [-0.4, -0.2) is 4.40 Å². The maximum absolute atomic E-state index is 4.30. The van der Waals surface area contributed by atoms with Crippen molar-refractivity contribution in [3.63, 3.8) is 0 Å². The molecule has 0 saturated carbocycles. The van der Waals surface area contributed by atoms with E-state index in [1.807, 2.05) is 50.3 Å². The van der Waals surface area contributed by atoms with Gasteiger partial charge in [-0.25, -0.2) is 0 Å². The molecule has 11 aromatic rings. The van der Waals surface area contributed by atoms with Crippen molar-refractivity contribution in [2.24, 2.45) is 0 Å². The monoisotopic (exact) mass is 910 g/mol. The minimum atomic E-state index is -0.440. The predicted molar refractivity (Wildman–Crippen MR) is 308 cm³/mol. The van der Waals surface area contributed by atoms with E-state index in [1.165, 1.54) is 82.6 Å². The number of para-hydroxylation sites is 3. The Morgan fingerprint density at radius 3 is 1.61 bits per heavy atom. The fourth-order valence-electron chi connectivity index (χ4n) is 11.6. The third kappa shape index (κ3) is 6.86. The first-order chi connectivity index (χ1) is 35.0. The smallest absolute Gasteiger partial charge is 0.0731 e. The van der Waals surface area contributed by atoms with Gasteiger partial charge in [-0.1, -0.05) is 221 Å². The Labute approximate surface area is 417 Å². The van der Waals surface area contributed by atoms with Crippen molar-refractivity contribution in [3.05, 3.63) is 290 Å². The van der Waals surface area contributed by atoms with Gasteiger partial charge < -0.3 is 9.30 Å². The van der Waals surface area contributed by atoms with Crippen LogP contribution in [0.5, 0.6) is 0 Å². The highest BCUT2D eigenvalue weighted by atomic mass is 15.1. The maximum atomic E-state index is 4.30. The van der Waals surface area contributed by atoms with Gasteiger partial charge in [-0.3, -0.25) is 0 Å². The van der Waals surface area contributed by atoms with Crippen LogP contribution in [0.1, 0.15) is 47.4 Å². The summed E-state index contributed by atoms with van der Waals surface area (Å²) in [6, 6.07) is 72.1. The summed E-state index contributed by atoms with van der Waals surface area (Å²) in [6.45, 7) is 19.4. The molecule has 2 heterocycles. The molecule has 0 bridgehead atoms. The minimum absolute atomic E-state index is 0.440. The molecule has 0 aliphatic heterocycles. The Bertz CT molecular complexity index is 3850. The molecule has 2 nitrogen and oxygen atoms in total. The number of benzene rings is 9. The molecule has 13 rings (SSSR count).